The monoisotopic (exact) mass is 161 g/mol. The van der Waals surface area contributed by atoms with E-state index in [1.807, 2.05) is 6.92 Å². The Labute approximate surface area is 68.7 Å². The average molecular weight is 161 g/mol. The summed E-state index contributed by atoms with van der Waals surface area (Å²) < 4.78 is 0. The van der Waals surface area contributed by atoms with E-state index in [9.17, 15) is 0 Å². The molecule has 2 aromatic heterocycles. The molecular weight excluding hydrogens is 154 g/mol. The third-order valence-corrected chi connectivity index (χ3v) is 1.52. The van der Waals surface area contributed by atoms with Gasteiger partial charge in [0.2, 0.25) is 5.95 Å². The molecule has 0 spiro atoms. The highest BCUT2D eigenvalue weighted by molar-refractivity contribution is 5.72. The summed E-state index contributed by atoms with van der Waals surface area (Å²) in [7, 11) is 0. The van der Waals surface area contributed by atoms with E-state index >= 15 is 0 Å². The molecule has 5 nitrogen and oxygen atoms in total. The minimum Gasteiger partial charge on any atom is -0.368 e. The van der Waals surface area contributed by atoms with E-state index in [0.29, 0.717) is 11.2 Å². The first-order chi connectivity index (χ1) is 5.77. The maximum absolute atomic E-state index is 5.43. The van der Waals surface area contributed by atoms with Crippen LogP contribution >= 0.6 is 0 Å². The van der Waals surface area contributed by atoms with Crippen molar-refractivity contribution in [3.05, 3.63) is 18.1 Å². The number of rotatable bonds is 0. The first-order valence-electron chi connectivity index (χ1n) is 3.48. The van der Waals surface area contributed by atoms with Crippen molar-refractivity contribution < 1.29 is 0 Å². The van der Waals surface area contributed by atoms with Gasteiger partial charge in [-0.25, -0.2) is 15.0 Å². The Balaban J connectivity index is 2.89. The lowest BCUT2D eigenvalue weighted by Gasteiger charge is -1.98. The van der Waals surface area contributed by atoms with E-state index in [0.717, 1.165) is 5.69 Å². The maximum Gasteiger partial charge on any atom is 0.222 e. The quantitative estimate of drug-likeness (QED) is 0.601. The standard InChI is InChI=1S/C7H7N5/c1-4-5-6(10-3-2-9-5)12-7(8)11-4/h2-3H,1H3,(H2,8,10,11,12). The number of nitrogen functional groups attached to an aromatic ring is 1. The molecule has 0 atom stereocenters. The first-order valence-corrected chi connectivity index (χ1v) is 3.48. The van der Waals surface area contributed by atoms with E-state index in [1.54, 1.807) is 12.4 Å². The van der Waals surface area contributed by atoms with Gasteiger partial charge in [-0.1, -0.05) is 0 Å². The summed E-state index contributed by atoms with van der Waals surface area (Å²) in [6.07, 6.45) is 3.18. The van der Waals surface area contributed by atoms with Gasteiger partial charge in [0.25, 0.3) is 0 Å². The van der Waals surface area contributed by atoms with Crippen LogP contribution in [0.4, 0.5) is 5.95 Å². The number of anilines is 1. The zero-order valence-corrected chi connectivity index (χ0v) is 6.52. The van der Waals surface area contributed by atoms with E-state index in [4.69, 9.17) is 5.73 Å². The molecule has 0 saturated heterocycles. The molecule has 0 aromatic carbocycles. The van der Waals surface area contributed by atoms with Crippen LogP contribution in [0.2, 0.25) is 0 Å². The third kappa shape index (κ3) is 0.952. The summed E-state index contributed by atoms with van der Waals surface area (Å²) >= 11 is 0. The van der Waals surface area contributed by atoms with Crippen LogP contribution in [0.1, 0.15) is 5.69 Å². The zero-order valence-electron chi connectivity index (χ0n) is 6.52. The molecule has 0 bridgehead atoms. The molecule has 12 heavy (non-hydrogen) atoms. The summed E-state index contributed by atoms with van der Waals surface area (Å²) in [6, 6.07) is 0. The molecule has 0 radical (unpaired) electrons. The van der Waals surface area contributed by atoms with Crippen molar-refractivity contribution in [3.8, 4) is 0 Å². The van der Waals surface area contributed by atoms with E-state index in [1.165, 1.54) is 0 Å². The van der Waals surface area contributed by atoms with E-state index in [2.05, 4.69) is 19.9 Å². The average Bonchev–Trinajstić information content (AvgIpc) is 2.04. The number of nitrogens with zero attached hydrogens (tertiary/aromatic N) is 4. The van der Waals surface area contributed by atoms with Gasteiger partial charge >= 0.3 is 0 Å². The second-order valence-corrected chi connectivity index (χ2v) is 2.40. The van der Waals surface area contributed by atoms with Gasteiger partial charge in [-0.15, -0.1) is 0 Å². The van der Waals surface area contributed by atoms with Crippen LogP contribution in [0.15, 0.2) is 12.4 Å². The largest absolute Gasteiger partial charge is 0.368 e. The van der Waals surface area contributed by atoms with Gasteiger partial charge in [0.1, 0.15) is 5.52 Å². The molecule has 0 fully saturated rings. The van der Waals surface area contributed by atoms with E-state index in [-0.39, 0.29) is 5.95 Å². The van der Waals surface area contributed by atoms with Gasteiger partial charge in [-0.3, -0.25) is 0 Å². The molecule has 0 amide bonds. The van der Waals surface area contributed by atoms with Gasteiger partial charge in [0.15, 0.2) is 5.65 Å². The Morgan fingerprint density at radius 3 is 2.75 bits per heavy atom. The number of aryl methyl sites for hydroxylation is 1. The molecule has 60 valence electrons. The Kier molecular flexibility index (Phi) is 1.36. The van der Waals surface area contributed by atoms with Crippen molar-refractivity contribution in [2.45, 2.75) is 6.92 Å². The lowest BCUT2D eigenvalue weighted by molar-refractivity contribution is 1.11. The highest BCUT2D eigenvalue weighted by Gasteiger charge is 2.02. The minimum atomic E-state index is 0.237. The number of hydrogen-bond donors (Lipinski definition) is 1. The summed E-state index contributed by atoms with van der Waals surface area (Å²) in [5, 5.41) is 0. The highest BCUT2D eigenvalue weighted by Crippen LogP contribution is 2.09. The topological polar surface area (TPSA) is 77.6 Å². The van der Waals surface area contributed by atoms with Gasteiger partial charge in [-0.05, 0) is 6.92 Å². The van der Waals surface area contributed by atoms with Gasteiger partial charge < -0.3 is 5.73 Å². The van der Waals surface area contributed by atoms with Crippen molar-refractivity contribution in [2.24, 2.45) is 0 Å². The fraction of sp³-hybridized carbons (Fsp3) is 0.143. The van der Waals surface area contributed by atoms with Gasteiger partial charge in [0, 0.05) is 12.4 Å². The zero-order chi connectivity index (χ0) is 8.55. The van der Waals surface area contributed by atoms with Crippen LogP contribution in [0.25, 0.3) is 11.2 Å². The van der Waals surface area contributed by atoms with Gasteiger partial charge in [0.05, 0.1) is 5.69 Å². The molecule has 0 aliphatic heterocycles. The second-order valence-electron chi connectivity index (χ2n) is 2.40. The predicted molar refractivity (Wildman–Crippen MR) is 44.3 cm³/mol. The summed E-state index contributed by atoms with van der Waals surface area (Å²) in [6.45, 7) is 1.83. The Bertz CT molecular complexity index is 425. The molecule has 0 unspecified atom stereocenters. The lowest BCUT2D eigenvalue weighted by atomic mass is 10.4. The lowest BCUT2D eigenvalue weighted by Crippen LogP contribution is -1.99. The Hall–Kier alpha value is -1.78. The van der Waals surface area contributed by atoms with Crippen LogP contribution < -0.4 is 5.73 Å². The van der Waals surface area contributed by atoms with Crippen LogP contribution in [0, 0.1) is 6.92 Å². The summed E-state index contributed by atoms with van der Waals surface area (Å²) in [5.74, 6) is 0.237. The minimum absolute atomic E-state index is 0.237. The molecule has 0 aliphatic carbocycles. The summed E-state index contributed by atoms with van der Waals surface area (Å²) in [4.78, 5) is 16.0. The molecule has 2 heterocycles. The van der Waals surface area contributed by atoms with Crippen molar-refractivity contribution in [3.63, 3.8) is 0 Å². The number of nitrogens with two attached hydrogens (primary N) is 1. The van der Waals surface area contributed by atoms with Crippen LogP contribution in [-0.4, -0.2) is 19.9 Å². The Morgan fingerprint density at radius 2 is 1.92 bits per heavy atom. The molecule has 5 heteroatoms. The number of aromatic nitrogens is 4. The molecular formula is C7H7N5. The molecule has 2 aromatic rings. The fourth-order valence-corrected chi connectivity index (χ4v) is 1.03. The van der Waals surface area contributed by atoms with E-state index < -0.39 is 0 Å². The number of fused-ring (bicyclic) bond motifs is 1. The Morgan fingerprint density at radius 1 is 1.17 bits per heavy atom. The van der Waals surface area contributed by atoms with Crippen molar-refractivity contribution >= 4 is 17.1 Å². The first kappa shape index (κ1) is 6.90. The summed E-state index contributed by atoms with van der Waals surface area (Å²) in [5.41, 5.74) is 7.43. The van der Waals surface area contributed by atoms with Crippen LogP contribution in [0.3, 0.4) is 0 Å². The fourth-order valence-electron chi connectivity index (χ4n) is 1.03. The number of hydrogen-bond acceptors (Lipinski definition) is 5. The van der Waals surface area contributed by atoms with Crippen molar-refractivity contribution in [1.29, 1.82) is 0 Å². The third-order valence-electron chi connectivity index (χ3n) is 1.52. The van der Waals surface area contributed by atoms with Crippen molar-refractivity contribution in [2.75, 3.05) is 5.73 Å². The predicted octanol–water partition coefficient (Wildman–Crippen LogP) is 0.310. The SMILES string of the molecule is Cc1nc(N)nc2nccnc12. The van der Waals surface area contributed by atoms with Crippen molar-refractivity contribution in [1.82, 2.24) is 19.9 Å². The highest BCUT2D eigenvalue weighted by atomic mass is 15.0. The molecule has 0 saturated carbocycles. The van der Waals surface area contributed by atoms with Gasteiger partial charge in [-0.2, -0.15) is 4.98 Å². The van der Waals surface area contributed by atoms with Crippen LogP contribution in [-0.2, 0) is 0 Å². The smallest absolute Gasteiger partial charge is 0.222 e. The molecule has 2 rings (SSSR count). The second kappa shape index (κ2) is 2.37. The van der Waals surface area contributed by atoms with Crippen LogP contribution in [0.5, 0.6) is 0 Å². The molecule has 2 N–H and O–H groups in total. The normalized spacial score (nSPS) is 10.4. The molecule has 0 aliphatic rings. The maximum atomic E-state index is 5.43.